The van der Waals surface area contributed by atoms with E-state index in [0.29, 0.717) is 17.0 Å². The normalized spacial score (nSPS) is 24.1. The molecule has 6 heteroatoms. The molecule has 0 radical (unpaired) electrons. The topological polar surface area (TPSA) is 75.7 Å². The third-order valence-corrected chi connectivity index (χ3v) is 8.91. The zero-order chi connectivity index (χ0) is 29.1. The lowest BCUT2D eigenvalue weighted by Crippen LogP contribution is -2.51. The van der Waals surface area contributed by atoms with Gasteiger partial charge in [-0.2, -0.15) is 0 Å². The van der Waals surface area contributed by atoms with Gasteiger partial charge in [-0.25, -0.2) is 0 Å². The van der Waals surface area contributed by atoms with Gasteiger partial charge in [0.2, 0.25) is 5.91 Å². The molecule has 3 heterocycles. The van der Waals surface area contributed by atoms with Crippen molar-refractivity contribution in [3.05, 3.63) is 95.1 Å². The number of aryl methyl sites for hydroxylation is 1. The van der Waals surface area contributed by atoms with Gasteiger partial charge < -0.3 is 15.0 Å². The highest BCUT2D eigenvalue weighted by molar-refractivity contribution is 6.17. The summed E-state index contributed by atoms with van der Waals surface area (Å²) in [5.74, 6) is -0.767. The molecule has 1 saturated heterocycles. The summed E-state index contributed by atoms with van der Waals surface area (Å²) in [4.78, 5) is 45.8. The standard InChI is InChI=1S/C35H36N2O4/c1-6-9-21-12-14-22(15-13-21)31(38)29-30(32(39)34(2,3)4)37-27-18-17-24(41-5)20-23(27)16-19-28(37)35(29)25-10-7-8-11-26(25)36-33(35)40/h7-8,10-20,28-30H,6,9H2,1-5H3,(H,36,40). The molecule has 3 aliphatic heterocycles. The third-order valence-electron chi connectivity index (χ3n) is 8.91. The summed E-state index contributed by atoms with van der Waals surface area (Å²) in [6.45, 7) is 7.77. The quantitative estimate of drug-likeness (QED) is 0.369. The summed E-state index contributed by atoms with van der Waals surface area (Å²) in [6, 6.07) is 19.6. The largest absolute Gasteiger partial charge is 0.497 e. The fourth-order valence-electron chi connectivity index (χ4n) is 7.03. The number of anilines is 2. The number of hydrogen-bond donors (Lipinski definition) is 1. The molecule has 1 N–H and O–H groups in total. The van der Waals surface area contributed by atoms with Crippen molar-refractivity contribution in [2.24, 2.45) is 11.3 Å². The number of methoxy groups -OCH3 is 1. The third kappa shape index (κ3) is 3.95. The van der Waals surface area contributed by atoms with Crippen LogP contribution in [0.3, 0.4) is 0 Å². The van der Waals surface area contributed by atoms with Gasteiger partial charge in [-0.05, 0) is 41.8 Å². The highest BCUT2D eigenvalue weighted by atomic mass is 16.5. The van der Waals surface area contributed by atoms with Crippen LogP contribution in [0, 0.1) is 11.3 Å². The smallest absolute Gasteiger partial charge is 0.238 e. The number of ketones is 2. The van der Waals surface area contributed by atoms with Gasteiger partial charge in [0.15, 0.2) is 11.6 Å². The average Bonchev–Trinajstić information content (AvgIpc) is 3.44. The van der Waals surface area contributed by atoms with Crippen LogP contribution in [0.25, 0.3) is 6.08 Å². The van der Waals surface area contributed by atoms with Crippen LogP contribution in [0.15, 0.2) is 72.8 Å². The molecule has 6 rings (SSSR count). The van der Waals surface area contributed by atoms with Crippen molar-refractivity contribution in [2.45, 2.75) is 58.0 Å². The Morgan fingerprint density at radius 1 is 1.02 bits per heavy atom. The second-order valence-electron chi connectivity index (χ2n) is 12.4. The molecule has 0 saturated carbocycles. The minimum absolute atomic E-state index is 0.0745. The number of nitrogens with one attached hydrogen (secondary N) is 1. The monoisotopic (exact) mass is 548 g/mol. The Bertz CT molecular complexity index is 1580. The summed E-state index contributed by atoms with van der Waals surface area (Å²) in [6.07, 6.45) is 5.90. The van der Waals surface area contributed by atoms with E-state index in [0.717, 1.165) is 35.2 Å². The Balaban J connectivity index is 1.63. The van der Waals surface area contributed by atoms with Gasteiger partial charge >= 0.3 is 0 Å². The molecule has 3 aromatic rings. The van der Waals surface area contributed by atoms with E-state index in [1.807, 2.05) is 105 Å². The Hall–Kier alpha value is -4.19. The predicted octanol–water partition coefficient (Wildman–Crippen LogP) is 6.24. The number of benzene rings is 3. The predicted molar refractivity (Wildman–Crippen MR) is 162 cm³/mol. The first-order chi connectivity index (χ1) is 19.6. The van der Waals surface area contributed by atoms with E-state index in [2.05, 4.69) is 12.2 Å². The van der Waals surface area contributed by atoms with Crippen molar-refractivity contribution in [3.63, 3.8) is 0 Å². The van der Waals surface area contributed by atoms with Gasteiger partial charge in [0, 0.05) is 27.9 Å². The summed E-state index contributed by atoms with van der Waals surface area (Å²) in [7, 11) is 1.62. The fraction of sp³-hybridized carbons (Fsp3) is 0.343. The summed E-state index contributed by atoms with van der Waals surface area (Å²) in [5, 5.41) is 3.08. The molecule has 0 aromatic heterocycles. The van der Waals surface area contributed by atoms with Crippen LogP contribution in [0.5, 0.6) is 5.75 Å². The lowest BCUT2D eigenvalue weighted by atomic mass is 9.63. The van der Waals surface area contributed by atoms with E-state index < -0.39 is 28.8 Å². The summed E-state index contributed by atoms with van der Waals surface area (Å²) >= 11 is 0. The second-order valence-corrected chi connectivity index (χ2v) is 12.4. The molecule has 3 aromatic carbocycles. The van der Waals surface area contributed by atoms with E-state index in [4.69, 9.17) is 4.74 Å². The lowest BCUT2D eigenvalue weighted by Gasteiger charge is -2.38. The van der Waals surface area contributed by atoms with E-state index in [9.17, 15) is 14.4 Å². The first kappa shape index (κ1) is 27.0. The SMILES string of the molecule is CCCc1ccc(C(=O)C2C(C(=O)C(C)(C)C)N3c4ccc(OC)cc4C=CC3C23C(=O)Nc2ccccc23)cc1. The summed E-state index contributed by atoms with van der Waals surface area (Å²) in [5.41, 5.74) is 2.74. The number of amides is 1. The Labute approximate surface area is 241 Å². The molecule has 210 valence electrons. The Kier molecular flexibility index (Phi) is 6.40. The zero-order valence-corrected chi connectivity index (χ0v) is 24.2. The molecule has 4 unspecified atom stereocenters. The van der Waals surface area contributed by atoms with Crippen molar-refractivity contribution < 1.29 is 19.1 Å². The number of nitrogens with zero attached hydrogens (tertiary/aromatic N) is 1. The minimum Gasteiger partial charge on any atom is -0.497 e. The Morgan fingerprint density at radius 2 is 1.76 bits per heavy atom. The van der Waals surface area contributed by atoms with Crippen LogP contribution in [0.2, 0.25) is 0 Å². The fourth-order valence-corrected chi connectivity index (χ4v) is 7.03. The zero-order valence-electron chi connectivity index (χ0n) is 24.2. The number of carbonyl (C=O) groups is 3. The molecule has 1 spiro atoms. The van der Waals surface area contributed by atoms with Crippen molar-refractivity contribution in [3.8, 4) is 5.75 Å². The first-order valence-corrected chi connectivity index (χ1v) is 14.4. The van der Waals surface area contributed by atoms with Crippen molar-refractivity contribution in [2.75, 3.05) is 17.3 Å². The maximum atomic E-state index is 14.8. The number of rotatable bonds is 6. The molecule has 0 aliphatic carbocycles. The number of hydrogen-bond acceptors (Lipinski definition) is 5. The van der Waals surface area contributed by atoms with Gasteiger partial charge in [0.25, 0.3) is 0 Å². The van der Waals surface area contributed by atoms with Crippen LogP contribution in [-0.4, -0.2) is 36.7 Å². The molecule has 1 fully saturated rings. The van der Waals surface area contributed by atoms with E-state index in [1.54, 1.807) is 7.11 Å². The Morgan fingerprint density at radius 3 is 2.44 bits per heavy atom. The van der Waals surface area contributed by atoms with Gasteiger partial charge in [0.1, 0.15) is 17.2 Å². The highest BCUT2D eigenvalue weighted by Crippen LogP contribution is 2.58. The average molecular weight is 549 g/mol. The molecule has 0 bridgehead atoms. The maximum Gasteiger partial charge on any atom is 0.238 e. The van der Waals surface area contributed by atoms with Gasteiger partial charge in [-0.1, -0.05) is 88.7 Å². The van der Waals surface area contributed by atoms with Gasteiger partial charge in [0.05, 0.1) is 19.1 Å². The molecular formula is C35H36N2O4. The van der Waals surface area contributed by atoms with Crippen LogP contribution in [-0.2, 0) is 21.4 Å². The van der Waals surface area contributed by atoms with Crippen molar-refractivity contribution in [1.29, 1.82) is 0 Å². The molecule has 3 aliphatic rings. The second kappa shape index (κ2) is 9.72. The van der Waals surface area contributed by atoms with Crippen LogP contribution in [0.4, 0.5) is 11.4 Å². The number of carbonyl (C=O) groups excluding carboxylic acids is 3. The van der Waals surface area contributed by atoms with E-state index in [1.165, 1.54) is 0 Å². The number of ether oxygens (including phenoxy) is 1. The number of para-hydroxylation sites is 1. The van der Waals surface area contributed by atoms with Gasteiger partial charge in [-0.3, -0.25) is 14.4 Å². The lowest BCUT2D eigenvalue weighted by molar-refractivity contribution is -0.128. The minimum atomic E-state index is -1.30. The molecule has 1 amide bonds. The van der Waals surface area contributed by atoms with Crippen molar-refractivity contribution in [1.82, 2.24) is 0 Å². The van der Waals surface area contributed by atoms with Crippen LogP contribution >= 0.6 is 0 Å². The maximum absolute atomic E-state index is 14.8. The van der Waals surface area contributed by atoms with E-state index >= 15 is 0 Å². The molecule has 6 nitrogen and oxygen atoms in total. The highest BCUT2D eigenvalue weighted by Gasteiger charge is 2.70. The van der Waals surface area contributed by atoms with Crippen LogP contribution < -0.4 is 15.0 Å². The summed E-state index contributed by atoms with van der Waals surface area (Å²) < 4.78 is 5.48. The molecule has 41 heavy (non-hydrogen) atoms. The van der Waals surface area contributed by atoms with Gasteiger partial charge in [-0.15, -0.1) is 0 Å². The molecule has 4 atom stereocenters. The molecular weight excluding hydrogens is 512 g/mol. The van der Waals surface area contributed by atoms with Crippen LogP contribution in [0.1, 0.15) is 61.2 Å². The number of Topliss-reactive ketones (excluding diaryl/α,β-unsaturated/α-hetero) is 2. The first-order valence-electron chi connectivity index (χ1n) is 14.4. The van der Waals surface area contributed by atoms with E-state index in [-0.39, 0.29) is 17.5 Å². The van der Waals surface area contributed by atoms with Crippen molar-refractivity contribution >= 4 is 34.9 Å². The number of fused-ring (bicyclic) bond motifs is 6.